The van der Waals surface area contributed by atoms with E-state index in [1.807, 2.05) is 40.1 Å². The monoisotopic (exact) mass is 872 g/mol. The lowest BCUT2D eigenvalue weighted by molar-refractivity contribution is -0.132. The summed E-state index contributed by atoms with van der Waals surface area (Å²) in [6.45, 7) is 13.5. The molecule has 2 N–H and O–H groups in total. The first-order chi connectivity index (χ1) is 30.6. The van der Waals surface area contributed by atoms with Gasteiger partial charge < -0.3 is 29.9 Å². The number of ether oxygens (including phenoxy) is 2. The van der Waals surface area contributed by atoms with Crippen LogP contribution in [0.15, 0.2) is 54.6 Å². The number of nitrogens with one attached hydrogen (secondary N) is 2. The fraction of sp³-hybridized carbons (Fsp3) is 0.673. The van der Waals surface area contributed by atoms with Crippen molar-refractivity contribution in [3.05, 3.63) is 71.6 Å². The van der Waals surface area contributed by atoms with Gasteiger partial charge in [-0.3, -0.25) is 19.3 Å². The van der Waals surface area contributed by atoms with Gasteiger partial charge in [-0.25, -0.2) is 4.39 Å². The molecule has 3 saturated heterocycles. The van der Waals surface area contributed by atoms with Crippen LogP contribution in [0.2, 0.25) is 0 Å². The van der Waals surface area contributed by atoms with Crippen LogP contribution in [-0.2, 0) is 14.3 Å². The van der Waals surface area contributed by atoms with Gasteiger partial charge >= 0.3 is 0 Å². The molecule has 10 nitrogen and oxygen atoms in total. The third-order valence-corrected chi connectivity index (χ3v) is 13.9. The topological polar surface area (TPSA) is 103 Å². The predicted molar refractivity (Wildman–Crippen MR) is 251 cm³/mol. The van der Waals surface area contributed by atoms with E-state index < -0.39 is 11.3 Å². The van der Waals surface area contributed by atoms with Crippen LogP contribution in [0.5, 0.6) is 5.75 Å². The molecular weight excluding hydrogens is 794 g/mol. The predicted octanol–water partition coefficient (Wildman–Crippen LogP) is 9.75. The second-order valence-electron chi connectivity index (χ2n) is 19.3. The zero-order valence-electron chi connectivity index (χ0n) is 38.9. The van der Waals surface area contributed by atoms with Crippen molar-refractivity contribution in [1.82, 2.24) is 20.0 Å². The van der Waals surface area contributed by atoms with Crippen LogP contribution < -0.4 is 15.4 Å². The highest BCUT2D eigenvalue weighted by molar-refractivity contribution is 5.95. The van der Waals surface area contributed by atoms with Crippen molar-refractivity contribution in [3.63, 3.8) is 0 Å². The molecule has 0 aromatic heterocycles. The molecular formula is C52H78FN5O5. The number of allylic oxidation sites excluding steroid dienone is 2. The number of fused-ring (bicyclic) bond motifs is 3. The summed E-state index contributed by atoms with van der Waals surface area (Å²) in [4.78, 5) is 48.1. The van der Waals surface area contributed by atoms with Crippen LogP contribution in [0.1, 0.15) is 152 Å². The molecule has 0 aliphatic carbocycles. The molecule has 63 heavy (non-hydrogen) atoms. The Balaban J connectivity index is 0.964. The lowest BCUT2D eigenvalue weighted by atomic mass is 9.70. The van der Waals surface area contributed by atoms with E-state index >= 15 is 0 Å². The number of piperidine rings is 1. The number of nitrogens with zero attached hydrogens (tertiary/aromatic N) is 3. The van der Waals surface area contributed by atoms with Gasteiger partial charge in [-0.2, -0.15) is 0 Å². The van der Waals surface area contributed by atoms with Crippen molar-refractivity contribution >= 4 is 23.4 Å². The van der Waals surface area contributed by atoms with Crippen LogP contribution in [-0.4, -0.2) is 110 Å². The molecule has 3 atom stereocenters. The molecule has 0 saturated carbocycles. The number of morpholine rings is 1. The van der Waals surface area contributed by atoms with E-state index in [9.17, 15) is 18.8 Å². The Labute approximate surface area is 378 Å². The summed E-state index contributed by atoms with van der Waals surface area (Å²) in [5.41, 5.74) is 1.82. The quantitative estimate of drug-likeness (QED) is 0.0847. The number of halogens is 1. The fourth-order valence-corrected chi connectivity index (χ4v) is 10.3. The van der Waals surface area contributed by atoms with Crippen LogP contribution in [0.25, 0.3) is 0 Å². The summed E-state index contributed by atoms with van der Waals surface area (Å²) in [5, 5.41) is 6.89. The Morgan fingerprint density at radius 3 is 2.21 bits per heavy atom. The van der Waals surface area contributed by atoms with Crippen LogP contribution in [0, 0.1) is 17.2 Å². The van der Waals surface area contributed by atoms with Crippen molar-refractivity contribution in [1.29, 1.82) is 0 Å². The maximum Gasteiger partial charge on any atom is 0.253 e. The van der Waals surface area contributed by atoms with E-state index in [-0.39, 0.29) is 48.1 Å². The number of likely N-dealkylation sites (tertiary alicyclic amines) is 2. The number of hydrogen-bond donors (Lipinski definition) is 2. The third-order valence-electron chi connectivity index (χ3n) is 13.9. The van der Waals surface area contributed by atoms with E-state index in [2.05, 4.69) is 48.5 Å². The van der Waals surface area contributed by atoms with E-state index in [1.54, 1.807) is 0 Å². The SMILES string of the molecule is CCCCCCCCC=CCCCCCCCC(=O)N1CCC(NC(=O)C2CN(C(=O)c3ccc(OCCCN4CCOCC4)cc3)CC(C)(C)C3c4ccc(F)cc4NC23)CC1. The smallest absolute Gasteiger partial charge is 0.253 e. The molecule has 2 aromatic carbocycles. The van der Waals surface area contributed by atoms with Gasteiger partial charge in [-0.1, -0.05) is 90.4 Å². The van der Waals surface area contributed by atoms with Gasteiger partial charge in [0.2, 0.25) is 11.8 Å². The largest absolute Gasteiger partial charge is 0.494 e. The first kappa shape index (κ1) is 48.5. The van der Waals surface area contributed by atoms with Crippen molar-refractivity contribution in [3.8, 4) is 5.75 Å². The molecule has 4 aliphatic heterocycles. The van der Waals surface area contributed by atoms with Crippen molar-refractivity contribution in [2.75, 3.05) is 71.0 Å². The van der Waals surface area contributed by atoms with Crippen molar-refractivity contribution in [2.24, 2.45) is 11.3 Å². The first-order valence-electron chi connectivity index (χ1n) is 24.7. The van der Waals surface area contributed by atoms with Gasteiger partial charge in [-0.05, 0) is 98.7 Å². The second kappa shape index (κ2) is 24.9. The lowest BCUT2D eigenvalue weighted by Gasteiger charge is -2.36. The van der Waals surface area contributed by atoms with Crippen molar-refractivity contribution < 1.29 is 28.2 Å². The number of unbranched alkanes of at least 4 members (excludes halogenated alkanes) is 11. The standard InChI is InChI=1S/C52H78FN5O5/c1-4-5-6-7-8-9-10-11-12-13-14-15-16-17-18-20-47(59)57-30-27-42(28-31-57)54-50(60)45-38-58(39-52(2,3)48-44-26-23-41(53)37-46(44)55-49(45)48)51(61)40-21-24-43(25-22-40)63-34-19-29-56-32-35-62-36-33-56/h11-12,21-26,37,42,45,48-49,55H,4-10,13-20,27-36,38-39H2,1-3H3,(H,54,60). The maximum absolute atomic E-state index is 14.5. The highest BCUT2D eigenvalue weighted by Gasteiger charge is 2.52. The van der Waals surface area contributed by atoms with E-state index in [1.165, 1.54) is 76.3 Å². The summed E-state index contributed by atoms with van der Waals surface area (Å²) in [6.07, 6.45) is 23.6. The average Bonchev–Trinajstić information content (AvgIpc) is 3.62. The summed E-state index contributed by atoms with van der Waals surface area (Å²) in [6, 6.07) is 11.8. The first-order valence-corrected chi connectivity index (χ1v) is 24.7. The molecule has 3 fully saturated rings. The van der Waals surface area contributed by atoms with Crippen molar-refractivity contribution in [2.45, 2.75) is 148 Å². The van der Waals surface area contributed by atoms with Gasteiger partial charge in [-0.15, -0.1) is 0 Å². The number of hydrogen-bond acceptors (Lipinski definition) is 7. The molecule has 3 unspecified atom stereocenters. The van der Waals surface area contributed by atoms with Gasteiger partial charge in [0.1, 0.15) is 11.6 Å². The number of amides is 3. The Morgan fingerprint density at radius 1 is 0.841 bits per heavy atom. The second-order valence-corrected chi connectivity index (χ2v) is 19.3. The molecule has 0 radical (unpaired) electrons. The number of rotatable bonds is 23. The zero-order valence-corrected chi connectivity index (χ0v) is 38.9. The minimum Gasteiger partial charge on any atom is -0.494 e. The lowest BCUT2D eigenvalue weighted by Crippen LogP contribution is -2.52. The highest BCUT2D eigenvalue weighted by Crippen LogP contribution is 2.51. The van der Waals surface area contributed by atoms with Gasteiger partial charge in [0.25, 0.3) is 5.91 Å². The molecule has 3 amide bonds. The van der Waals surface area contributed by atoms with E-state index in [4.69, 9.17) is 9.47 Å². The number of anilines is 1. The molecule has 0 spiro atoms. The van der Waals surface area contributed by atoms with E-state index in [0.717, 1.165) is 69.8 Å². The number of benzene rings is 2. The fourth-order valence-electron chi connectivity index (χ4n) is 10.3. The minimum atomic E-state index is -0.578. The van der Waals surface area contributed by atoms with Gasteiger partial charge in [0.15, 0.2) is 0 Å². The Kier molecular flexibility index (Phi) is 19.2. The van der Waals surface area contributed by atoms with E-state index in [0.29, 0.717) is 56.8 Å². The summed E-state index contributed by atoms with van der Waals surface area (Å²) < 4.78 is 26.0. The summed E-state index contributed by atoms with van der Waals surface area (Å²) in [7, 11) is 0. The molecule has 4 heterocycles. The van der Waals surface area contributed by atoms with Gasteiger partial charge in [0.05, 0.1) is 25.7 Å². The normalized spacial score (nSPS) is 21.4. The molecule has 0 bridgehead atoms. The van der Waals surface area contributed by atoms with Gasteiger partial charge in [0, 0.05) is 81.5 Å². The minimum absolute atomic E-state index is 0.0668. The summed E-state index contributed by atoms with van der Waals surface area (Å²) >= 11 is 0. The summed E-state index contributed by atoms with van der Waals surface area (Å²) in [5.74, 6) is -0.324. The van der Waals surface area contributed by atoms with Crippen LogP contribution in [0.4, 0.5) is 10.1 Å². The maximum atomic E-state index is 14.5. The zero-order chi connectivity index (χ0) is 44.4. The highest BCUT2D eigenvalue weighted by atomic mass is 19.1. The molecule has 11 heteroatoms. The molecule has 2 aromatic rings. The average molecular weight is 872 g/mol. The van der Waals surface area contributed by atoms with Crippen LogP contribution in [0.3, 0.4) is 0 Å². The Hall–Kier alpha value is -3.96. The Bertz CT molecular complexity index is 1760. The molecule has 348 valence electrons. The molecule has 4 aliphatic rings. The Morgan fingerprint density at radius 2 is 1.51 bits per heavy atom. The third kappa shape index (κ3) is 14.5. The number of carbonyl (C=O) groups excluding carboxylic acids is 3. The van der Waals surface area contributed by atoms with Crippen LogP contribution >= 0.6 is 0 Å². The molecule has 6 rings (SSSR count). The number of carbonyl (C=O) groups is 3.